The molecule has 2 heterocycles. The maximum absolute atomic E-state index is 12.9. The maximum Gasteiger partial charge on any atom is 0.257 e. The first-order chi connectivity index (χ1) is 16.1. The Morgan fingerprint density at radius 1 is 0.879 bits per heavy atom. The van der Waals surface area contributed by atoms with Crippen LogP contribution in [0, 0.1) is 5.92 Å². The van der Waals surface area contributed by atoms with Gasteiger partial charge in [0.25, 0.3) is 5.91 Å². The molecule has 0 aromatic heterocycles. The third-order valence-corrected chi connectivity index (χ3v) is 5.62. The lowest BCUT2D eigenvalue weighted by Crippen LogP contribution is -2.28. The molecule has 166 valence electrons. The molecule has 1 saturated heterocycles. The van der Waals surface area contributed by atoms with Crippen molar-refractivity contribution in [2.24, 2.45) is 5.92 Å². The van der Waals surface area contributed by atoms with Crippen LogP contribution in [-0.4, -0.2) is 31.1 Å². The van der Waals surface area contributed by atoms with Gasteiger partial charge in [-0.25, -0.2) is 0 Å². The molecule has 33 heavy (non-hydrogen) atoms. The zero-order chi connectivity index (χ0) is 22.8. The fourth-order valence-corrected chi connectivity index (χ4v) is 3.94. The van der Waals surface area contributed by atoms with Crippen molar-refractivity contribution in [2.45, 2.75) is 6.42 Å². The summed E-state index contributed by atoms with van der Waals surface area (Å²) in [4.78, 5) is 40.0. The summed E-state index contributed by atoms with van der Waals surface area (Å²) < 4.78 is 10.6. The molecule has 8 heteroatoms. The third-order valence-electron chi connectivity index (χ3n) is 5.62. The topological polar surface area (TPSA) is 97.0 Å². The molecule has 2 N–H and O–H groups in total. The summed E-state index contributed by atoms with van der Waals surface area (Å²) in [5, 5.41) is 5.65. The average molecular weight is 443 g/mol. The van der Waals surface area contributed by atoms with Gasteiger partial charge < -0.3 is 25.0 Å². The Morgan fingerprint density at radius 3 is 2.48 bits per heavy atom. The second kappa shape index (κ2) is 8.66. The highest BCUT2D eigenvalue weighted by atomic mass is 16.7. The number of para-hydroxylation sites is 2. The van der Waals surface area contributed by atoms with Gasteiger partial charge in [0, 0.05) is 30.4 Å². The Hall–Kier alpha value is -4.33. The van der Waals surface area contributed by atoms with Crippen molar-refractivity contribution in [3.05, 3.63) is 78.4 Å². The van der Waals surface area contributed by atoms with Crippen LogP contribution in [0.15, 0.2) is 72.8 Å². The van der Waals surface area contributed by atoms with Gasteiger partial charge in [-0.1, -0.05) is 30.3 Å². The molecule has 3 amide bonds. The van der Waals surface area contributed by atoms with E-state index in [1.807, 2.05) is 30.3 Å². The van der Waals surface area contributed by atoms with E-state index in [1.165, 1.54) is 0 Å². The smallest absolute Gasteiger partial charge is 0.257 e. The Bertz CT molecular complexity index is 1230. The van der Waals surface area contributed by atoms with Crippen molar-refractivity contribution in [3.63, 3.8) is 0 Å². The van der Waals surface area contributed by atoms with Crippen molar-refractivity contribution in [1.29, 1.82) is 0 Å². The van der Waals surface area contributed by atoms with Gasteiger partial charge in [0.2, 0.25) is 18.6 Å². The van der Waals surface area contributed by atoms with E-state index in [9.17, 15) is 14.4 Å². The van der Waals surface area contributed by atoms with E-state index in [4.69, 9.17) is 9.47 Å². The standard InChI is InChI=1S/C25H21N3O5/c29-23-12-16(14-28(23)18-6-2-1-3-7-18)24(30)27-20-9-5-4-8-19(20)25(31)26-17-10-11-21-22(13-17)33-15-32-21/h1-11,13,16H,12,14-15H2,(H,26,31)(H,27,30). The first-order valence-electron chi connectivity index (χ1n) is 10.5. The van der Waals surface area contributed by atoms with Crippen LogP contribution in [0.5, 0.6) is 11.5 Å². The van der Waals surface area contributed by atoms with Gasteiger partial charge in [0.05, 0.1) is 17.2 Å². The van der Waals surface area contributed by atoms with E-state index in [1.54, 1.807) is 47.4 Å². The number of carbonyl (C=O) groups excluding carboxylic acids is 3. The SMILES string of the molecule is O=C(Nc1ccc2c(c1)OCO2)c1ccccc1NC(=O)C1CC(=O)N(c2ccccc2)C1. The van der Waals surface area contributed by atoms with Crippen LogP contribution in [0.1, 0.15) is 16.8 Å². The number of benzene rings is 3. The number of fused-ring (bicyclic) bond motifs is 1. The van der Waals surface area contributed by atoms with Gasteiger partial charge in [-0.2, -0.15) is 0 Å². The van der Waals surface area contributed by atoms with Gasteiger partial charge in [-0.3, -0.25) is 14.4 Å². The highest BCUT2D eigenvalue weighted by Crippen LogP contribution is 2.34. The Labute approximate surface area is 190 Å². The molecule has 0 radical (unpaired) electrons. The van der Waals surface area contributed by atoms with E-state index in [0.717, 1.165) is 5.69 Å². The number of hydrogen-bond donors (Lipinski definition) is 2. The second-order valence-corrected chi connectivity index (χ2v) is 7.80. The molecule has 0 aliphatic carbocycles. The molecule has 0 spiro atoms. The number of amides is 3. The minimum absolute atomic E-state index is 0.102. The number of anilines is 3. The van der Waals surface area contributed by atoms with Crippen molar-refractivity contribution in [1.82, 2.24) is 0 Å². The fraction of sp³-hybridized carbons (Fsp3) is 0.160. The number of nitrogens with one attached hydrogen (secondary N) is 2. The molecule has 0 bridgehead atoms. The zero-order valence-corrected chi connectivity index (χ0v) is 17.6. The van der Waals surface area contributed by atoms with Crippen LogP contribution in [0.3, 0.4) is 0 Å². The van der Waals surface area contributed by atoms with Gasteiger partial charge in [-0.05, 0) is 36.4 Å². The van der Waals surface area contributed by atoms with Gasteiger partial charge in [0.1, 0.15) is 0 Å². The van der Waals surface area contributed by atoms with E-state index in [-0.39, 0.29) is 30.9 Å². The van der Waals surface area contributed by atoms with Crippen LogP contribution in [0.2, 0.25) is 0 Å². The number of ether oxygens (including phenoxy) is 2. The van der Waals surface area contributed by atoms with Crippen molar-refractivity contribution in [2.75, 3.05) is 28.9 Å². The second-order valence-electron chi connectivity index (χ2n) is 7.80. The summed E-state index contributed by atoms with van der Waals surface area (Å²) in [7, 11) is 0. The predicted molar refractivity (Wildman–Crippen MR) is 122 cm³/mol. The number of nitrogens with zero attached hydrogens (tertiary/aromatic N) is 1. The summed E-state index contributed by atoms with van der Waals surface area (Å²) >= 11 is 0. The van der Waals surface area contributed by atoms with E-state index < -0.39 is 5.92 Å². The molecule has 2 aliphatic rings. The molecule has 8 nitrogen and oxygen atoms in total. The largest absolute Gasteiger partial charge is 0.454 e. The zero-order valence-electron chi connectivity index (χ0n) is 17.6. The third kappa shape index (κ3) is 4.23. The Kier molecular flexibility index (Phi) is 5.40. The Balaban J connectivity index is 1.28. The molecule has 3 aromatic rings. The van der Waals surface area contributed by atoms with Crippen LogP contribution in [-0.2, 0) is 9.59 Å². The van der Waals surface area contributed by atoms with Crippen molar-refractivity contribution >= 4 is 34.8 Å². The fourth-order valence-electron chi connectivity index (χ4n) is 3.94. The first kappa shape index (κ1) is 20.6. The maximum atomic E-state index is 12.9. The molecular formula is C25H21N3O5. The highest BCUT2D eigenvalue weighted by molar-refractivity contribution is 6.11. The summed E-state index contributed by atoms with van der Waals surface area (Å²) in [6.45, 7) is 0.438. The lowest BCUT2D eigenvalue weighted by atomic mass is 10.1. The molecular weight excluding hydrogens is 422 g/mol. The van der Waals surface area contributed by atoms with E-state index in [2.05, 4.69) is 10.6 Å². The lowest BCUT2D eigenvalue weighted by Gasteiger charge is -2.17. The molecule has 1 fully saturated rings. The van der Waals surface area contributed by atoms with E-state index in [0.29, 0.717) is 35.0 Å². The van der Waals surface area contributed by atoms with E-state index >= 15 is 0 Å². The van der Waals surface area contributed by atoms with Gasteiger partial charge >= 0.3 is 0 Å². The normalized spacial score (nSPS) is 16.5. The number of rotatable bonds is 5. The summed E-state index contributed by atoms with van der Waals surface area (Å²) in [5.41, 5.74) is 2.01. The highest BCUT2D eigenvalue weighted by Gasteiger charge is 2.35. The Morgan fingerprint density at radius 2 is 1.64 bits per heavy atom. The van der Waals surface area contributed by atoms with Crippen LogP contribution in [0.25, 0.3) is 0 Å². The lowest BCUT2D eigenvalue weighted by molar-refractivity contribution is -0.122. The number of carbonyl (C=O) groups is 3. The van der Waals surface area contributed by atoms with Crippen molar-refractivity contribution < 1.29 is 23.9 Å². The van der Waals surface area contributed by atoms with Gasteiger partial charge in [0.15, 0.2) is 11.5 Å². The molecule has 1 unspecified atom stereocenters. The monoisotopic (exact) mass is 443 g/mol. The van der Waals surface area contributed by atoms with Gasteiger partial charge in [-0.15, -0.1) is 0 Å². The van der Waals surface area contributed by atoms with Crippen molar-refractivity contribution in [3.8, 4) is 11.5 Å². The summed E-state index contributed by atoms with van der Waals surface area (Å²) in [5.74, 6) is -0.110. The quantitative estimate of drug-likeness (QED) is 0.627. The van der Waals surface area contributed by atoms with Crippen LogP contribution < -0.4 is 25.0 Å². The summed E-state index contributed by atoms with van der Waals surface area (Å²) in [6.07, 6.45) is 0.117. The summed E-state index contributed by atoms with van der Waals surface area (Å²) in [6, 6.07) is 21.1. The minimum atomic E-state index is -0.511. The minimum Gasteiger partial charge on any atom is -0.454 e. The first-order valence-corrected chi connectivity index (χ1v) is 10.5. The molecule has 3 aromatic carbocycles. The average Bonchev–Trinajstić information content (AvgIpc) is 3.46. The number of hydrogen-bond acceptors (Lipinski definition) is 5. The van der Waals surface area contributed by atoms with Crippen LogP contribution >= 0.6 is 0 Å². The molecule has 0 saturated carbocycles. The molecule has 1 atom stereocenters. The molecule has 5 rings (SSSR count). The van der Waals surface area contributed by atoms with Crippen LogP contribution in [0.4, 0.5) is 17.1 Å². The predicted octanol–water partition coefficient (Wildman–Crippen LogP) is 3.66. The molecule has 2 aliphatic heterocycles.